The van der Waals surface area contributed by atoms with Gasteiger partial charge in [0.2, 0.25) is 11.8 Å². The predicted molar refractivity (Wildman–Crippen MR) is 132 cm³/mol. The highest BCUT2D eigenvalue weighted by Crippen LogP contribution is 2.32. The minimum Gasteiger partial charge on any atom is -0.368 e. The van der Waals surface area contributed by atoms with Crippen LogP contribution in [0.2, 0.25) is 0 Å². The molecule has 10 nitrogen and oxygen atoms in total. The Morgan fingerprint density at radius 2 is 1.61 bits per heavy atom. The lowest BCUT2D eigenvalue weighted by atomic mass is 10.0. The molecule has 36 heavy (non-hydrogen) atoms. The molecule has 0 aliphatic carbocycles. The maximum atomic E-state index is 12.9. The van der Waals surface area contributed by atoms with Gasteiger partial charge in [0.1, 0.15) is 6.04 Å². The first-order valence-corrected chi connectivity index (χ1v) is 13.3. The first-order valence-electron chi connectivity index (χ1n) is 13.3. The summed E-state index contributed by atoms with van der Waals surface area (Å²) in [4.78, 5) is 59.9. The third-order valence-corrected chi connectivity index (χ3v) is 8.46. The molecule has 5 heterocycles. The van der Waals surface area contributed by atoms with E-state index < -0.39 is 6.04 Å². The number of hydrogen-bond donors (Lipinski definition) is 1. The van der Waals surface area contributed by atoms with Crippen LogP contribution in [0.4, 0.5) is 10.5 Å². The van der Waals surface area contributed by atoms with Gasteiger partial charge in [0, 0.05) is 82.6 Å². The summed E-state index contributed by atoms with van der Waals surface area (Å²) in [5, 5.41) is 2.35. The number of fused-ring (bicyclic) bond motifs is 1. The number of urea groups is 1. The van der Waals surface area contributed by atoms with Crippen molar-refractivity contribution in [3.05, 3.63) is 29.3 Å². The molecule has 10 heteroatoms. The Hall–Kier alpha value is -3.14. The van der Waals surface area contributed by atoms with Crippen molar-refractivity contribution in [3.8, 4) is 0 Å². The molecule has 0 saturated carbocycles. The molecule has 5 amide bonds. The van der Waals surface area contributed by atoms with Gasteiger partial charge in [-0.15, -0.1) is 0 Å². The van der Waals surface area contributed by atoms with Crippen LogP contribution in [0.25, 0.3) is 0 Å². The Morgan fingerprint density at radius 1 is 0.889 bits per heavy atom. The fourth-order valence-corrected chi connectivity index (χ4v) is 6.22. The summed E-state index contributed by atoms with van der Waals surface area (Å²) in [7, 11) is 0. The molecule has 1 unspecified atom stereocenters. The summed E-state index contributed by atoms with van der Waals surface area (Å²) in [5.41, 5.74) is 2.69. The Labute approximate surface area is 211 Å². The van der Waals surface area contributed by atoms with Crippen molar-refractivity contribution in [2.45, 2.75) is 50.7 Å². The number of likely N-dealkylation sites (tertiary alicyclic amines) is 1. The topological polar surface area (TPSA) is 96.5 Å². The molecule has 6 rings (SSSR count). The molecule has 192 valence electrons. The van der Waals surface area contributed by atoms with E-state index in [4.69, 9.17) is 0 Å². The van der Waals surface area contributed by atoms with E-state index in [1.165, 1.54) is 6.42 Å². The van der Waals surface area contributed by atoms with E-state index in [1.54, 1.807) is 4.90 Å². The largest absolute Gasteiger partial charge is 0.368 e. The quantitative estimate of drug-likeness (QED) is 0.627. The molecule has 1 aromatic carbocycles. The van der Waals surface area contributed by atoms with E-state index in [-0.39, 0.29) is 30.2 Å². The SMILES string of the molecule is O=C1CCC(N2Cc3cc(N4CC(N5CCN(C(=O)N6CCCCC6)CC5)C4)ccc3C2=O)C(=O)N1. The van der Waals surface area contributed by atoms with Crippen LogP contribution in [0.3, 0.4) is 0 Å². The van der Waals surface area contributed by atoms with Gasteiger partial charge >= 0.3 is 6.03 Å². The number of benzene rings is 1. The van der Waals surface area contributed by atoms with Crippen molar-refractivity contribution in [3.63, 3.8) is 0 Å². The molecule has 0 aromatic heterocycles. The molecule has 1 aromatic rings. The van der Waals surface area contributed by atoms with Crippen molar-refractivity contribution in [1.82, 2.24) is 24.9 Å². The Kier molecular flexibility index (Phi) is 6.07. The van der Waals surface area contributed by atoms with E-state index >= 15 is 0 Å². The van der Waals surface area contributed by atoms with Crippen LogP contribution in [0, 0.1) is 0 Å². The standard InChI is InChI=1S/C26H34N6O4/c33-23-7-6-22(24(34)27-23)32-15-18-14-19(4-5-21(18)25(32)35)31-16-20(17-31)28-10-12-30(13-11-28)26(36)29-8-2-1-3-9-29/h4-5,14,20,22H,1-3,6-13,15-17H2,(H,27,33,34). The van der Waals surface area contributed by atoms with Crippen LogP contribution in [-0.4, -0.2) is 108 Å². The predicted octanol–water partition coefficient (Wildman–Crippen LogP) is 0.860. The zero-order valence-electron chi connectivity index (χ0n) is 20.7. The molecule has 5 aliphatic heterocycles. The Balaban J connectivity index is 1.01. The zero-order valence-corrected chi connectivity index (χ0v) is 20.7. The number of rotatable bonds is 3. The highest BCUT2D eigenvalue weighted by molar-refractivity contribution is 6.05. The molecule has 1 atom stereocenters. The molecule has 0 spiro atoms. The molecular weight excluding hydrogens is 460 g/mol. The van der Waals surface area contributed by atoms with Crippen LogP contribution >= 0.6 is 0 Å². The Morgan fingerprint density at radius 3 is 2.33 bits per heavy atom. The lowest BCUT2D eigenvalue weighted by Gasteiger charge is -2.49. The van der Waals surface area contributed by atoms with Gasteiger partial charge in [-0.05, 0) is 49.4 Å². The highest BCUT2D eigenvalue weighted by Gasteiger charge is 2.40. The number of piperazine rings is 1. The van der Waals surface area contributed by atoms with Gasteiger partial charge in [0.15, 0.2) is 0 Å². The lowest BCUT2D eigenvalue weighted by Crippen LogP contribution is -2.64. The lowest BCUT2D eigenvalue weighted by molar-refractivity contribution is -0.136. The van der Waals surface area contributed by atoms with Crippen LogP contribution in [0.1, 0.15) is 48.0 Å². The number of nitrogens with one attached hydrogen (secondary N) is 1. The number of hydrogen-bond acceptors (Lipinski definition) is 6. The fraction of sp³-hybridized carbons (Fsp3) is 0.615. The molecule has 4 fully saturated rings. The number of imide groups is 1. The average molecular weight is 495 g/mol. The third-order valence-electron chi connectivity index (χ3n) is 8.46. The summed E-state index contributed by atoms with van der Waals surface area (Å²) < 4.78 is 0. The van der Waals surface area contributed by atoms with Crippen molar-refractivity contribution in [1.29, 1.82) is 0 Å². The van der Waals surface area contributed by atoms with Gasteiger partial charge in [-0.1, -0.05) is 0 Å². The summed E-state index contributed by atoms with van der Waals surface area (Å²) in [5.74, 6) is -0.787. The average Bonchev–Trinajstić information content (AvgIpc) is 3.19. The van der Waals surface area contributed by atoms with E-state index in [0.29, 0.717) is 24.6 Å². The smallest absolute Gasteiger partial charge is 0.320 e. The third kappa shape index (κ3) is 4.21. The highest BCUT2D eigenvalue weighted by atomic mass is 16.2. The van der Waals surface area contributed by atoms with Gasteiger partial charge in [-0.3, -0.25) is 24.6 Å². The van der Waals surface area contributed by atoms with E-state index in [2.05, 4.69) is 21.2 Å². The second kappa shape index (κ2) is 9.38. The van der Waals surface area contributed by atoms with Crippen molar-refractivity contribution >= 4 is 29.4 Å². The molecule has 1 N–H and O–H groups in total. The van der Waals surface area contributed by atoms with E-state index in [9.17, 15) is 19.2 Å². The summed E-state index contributed by atoms with van der Waals surface area (Å²) in [6, 6.07) is 6.05. The molecule has 0 radical (unpaired) electrons. The van der Waals surface area contributed by atoms with Crippen molar-refractivity contribution < 1.29 is 19.2 Å². The molecular formula is C26H34N6O4. The van der Waals surface area contributed by atoms with Crippen molar-refractivity contribution in [2.75, 3.05) is 57.3 Å². The van der Waals surface area contributed by atoms with Gasteiger partial charge in [-0.2, -0.15) is 0 Å². The van der Waals surface area contributed by atoms with Gasteiger partial charge in [0.25, 0.3) is 5.91 Å². The van der Waals surface area contributed by atoms with Gasteiger partial charge in [-0.25, -0.2) is 4.79 Å². The fourth-order valence-electron chi connectivity index (χ4n) is 6.22. The van der Waals surface area contributed by atoms with Crippen LogP contribution in [0.5, 0.6) is 0 Å². The molecule has 5 aliphatic rings. The minimum atomic E-state index is -0.583. The maximum absolute atomic E-state index is 12.9. The number of carbonyl (C=O) groups excluding carboxylic acids is 4. The van der Waals surface area contributed by atoms with Gasteiger partial charge in [0.05, 0.1) is 0 Å². The summed E-state index contributed by atoms with van der Waals surface area (Å²) >= 11 is 0. The Bertz CT molecular complexity index is 1070. The summed E-state index contributed by atoms with van der Waals surface area (Å²) in [6.45, 7) is 7.48. The molecule has 0 bridgehead atoms. The maximum Gasteiger partial charge on any atom is 0.320 e. The minimum absolute atomic E-state index is 0.135. The number of piperidine rings is 2. The normalized spacial score (nSPS) is 25.7. The summed E-state index contributed by atoms with van der Waals surface area (Å²) in [6.07, 6.45) is 4.11. The number of nitrogens with zero attached hydrogens (tertiary/aromatic N) is 5. The second-order valence-electron chi connectivity index (χ2n) is 10.7. The van der Waals surface area contributed by atoms with Gasteiger partial charge < -0.3 is 19.6 Å². The van der Waals surface area contributed by atoms with Crippen LogP contribution < -0.4 is 10.2 Å². The van der Waals surface area contributed by atoms with Crippen LogP contribution in [0.15, 0.2) is 18.2 Å². The number of anilines is 1. The van der Waals surface area contributed by atoms with Crippen LogP contribution in [-0.2, 0) is 16.1 Å². The molecule has 4 saturated heterocycles. The first kappa shape index (κ1) is 23.3. The zero-order chi connectivity index (χ0) is 24.8. The van der Waals surface area contributed by atoms with Crippen molar-refractivity contribution in [2.24, 2.45) is 0 Å². The van der Waals surface area contributed by atoms with E-state index in [0.717, 1.165) is 76.5 Å². The first-order chi connectivity index (χ1) is 17.5. The van der Waals surface area contributed by atoms with E-state index in [1.807, 2.05) is 21.9 Å². The number of carbonyl (C=O) groups is 4. The second-order valence-corrected chi connectivity index (χ2v) is 10.7. The number of amides is 5. The monoisotopic (exact) mass is 494 g/mol.